The first-order valence-electron chi connectivity index (χ1n) is 10.5. The summed E-state index contributed by atoms with van der Waals surface area (Å²) in [7, 11) is 1.62. The molecule has 0 saturated carbocycles. The SMILES string of the molecule is COc1ccc(C(=O)N2CCSC23CCN(C(=O)CCc2ccccc2)CC3)cc1. The number of carbonyl (C=O) groups is 2. The molecule has 2 fully saturated rings. The van der Waals surface area contributed by atoms with Gasteiger partial charge in [0.05, 0.1) is 12.0 Å². The molecule has 2 amide bonds. The number of aryl methyl sites for hydroxylation is 1. The second-order valence-electron chi connectivity index (χ2n) is 7.85. The van der Waals surface area contributed by atoms with Crippen LogP contribution in [0.4, 0.5) is 0 Å². The van der Waals surface area contributed by atoms with E-state index < -0.39 is 0 Å². The van der Waals surface area contributed by atoms with Crippen molar-refractivity contribution in [3.8, 4) is 5.75 Å². The van der Waals surface area contributed by atoms with Gasteiger partial charge in [-0.3, -0.25) is 9.59 Å². The average Bonchev–Trinajstić information content (AvgIpc) is 3.21. The van der Waals surface area contributed by atoms with E-state index in [1.165, 1.54) is 5.56 Å². The number of nitrogens with zero attached hydrogens (tertiary/aromatic N) is 2. The summed E-state index contributed by atoms with van der Waals surface area (Å²) in [6.45, 7) is 2.19. The maximum atomic E-state index is 13.2. The molecule has 2 heterocycles. The molecule has 1 spiro atoms. The van der Waals surface area contributed by atoms with Gasteiger partial charge >= 0.3 is 0 Å². The van der Waals surface area contributed by atoms with Gasteiger partial charge in [-0.25, -0.2) is 0 Å². The summed E-state index contributed by atoms with van der Waals surface area (Å²) in [6.07, 6.45) is 2.98. The summed E-state index contributed by atoms with van der Waals surface area (Å²) < 4.78 is 5.20. The number of thioether (sulfide) groups is 1. The summed E-state index contributed by atoms with van der Waals surface area (Å²) in [6, 6.07) is 17.5. The van der Waals surface area contributed by atoms with Crippen molar-refractivity contribution in [3.63, 3.8) is 0 Å². The van der Waals surface area contributed by atoms with Crippen LogP contribution in [0.25, 0.3) is 0 Å². The fourth-order valence-electron chi connectivity index (χ4n) is 4.36. The lowest BCUT2D eigenvalue weighted by molar-refractivity contribution is -0.132. The largest absolute Gasteiger partial charge is 0.497 e. The smallest absolute Gasteiger partial charge is 0.255 e. The summed E-state index contributed by atoms with van der Waals surface area (Å²) in [5, 5.41) is 0. The average molecular weight is 425 g/mol. The third-order valence-electron chi connectivity index (χ3n) is 6.13. The molecular formula is C24H28N2O3S. The number of likely N-dealkylation sites (tertiary alicyclic amines) is 1. The number of piperidine rings is 1. The molecule has 2 saturated heterocycles. The Hall–Kier alpha value is -2.47. The molecule has 0 aliphatic carbocycles. The monoisotopic (exact) mass is 424 g/mol. The number of amides is 2. The number of hydrogen-bond acceptors (Lipinski definition) is 4. The molecule has 30 heavy (non-hydrogen) atoms. The van der Waals surface area contributed by atoms with Crippen molar-refractivity contribution in [2.45, 2.75) is 30.6 Å². The van der Waals surface area contributed by atoms with Crippen LogP contribution in [0.15, 0.2) is 54.6 Å². The van der Waals surface area contributed by atoms with Gasteiger partial charge in [-0.1, -0.05) is 30.3 Å². The van der Waals surface area contributed by atoms with Gasteiger partial charge in [0.2, 0.25) is 5.91 Å². The van der Waals surface area contributed by atoms with E-state index in [0.717, 1.165) is 37.3 Å². The Morgan fingerprint density at radius 3 is 2.37 bits per heavy atom. The summed E-state index contributed by atoms with van der Waals surface area (Å²) in [4.78, 5) is 29.7. The van der Waals surface area contributed by atoms with Gasteiger partial charge in [-0.05, 0) is 49.1 Å². The second kappa shape index (κ2) is 9.13. The molecule has 2 aliphatic heterocycles. The molecule has 2 aromatic carbocycles. The minimum Gasteiger partial charge on any atom is -0.497 e. The zero-order valence-electron chi connectivity index (χ0n) is 17.4. The highest BCUT2D eigenvalue weighted by Gasteiger charge is 2.46. The van der Waals surface area contributed by atoms with Gasteiger partial charge in [0, 0.05) is 37.4 Å². The van der Waals surface area contributed by atoms with E-state index in [1.54, 1.807) is 7.11 Å². The van der Waals surface area contributed by atoms with E-state index in [4.69, 9.17) is 4.74 Å². The topological polar surface area (TPSA) is 49.9 Å². The fourth-order valence-corrected chi connectivity index (χ4v) is 5.81. The Balaban J connectivity index is 1.36. The van der Waals surface area contributed by atoms with Crippen LogP contribution in [-0.4, -0.2) is 59.0 Å². The van der Waals surface area contributed by atoms with Crippen LogP contribution in [0.3, 0.4) is 0 Å². The third-order valence-corrected chi connectivity index (χ3v) is 7.68. The summed E-state index contributed by atoms with van der Waals surface area (Å²) in [5.74, 6) is 1.99. The fraction of sp³-hybridized carbons (Fsp3) is 0.417. The van der Waals surface area contributed by atoms with Crippen LogP contribution >= 0.6 is 11.8 Å². The van der Waals surface area contributed by atoms with Crippen LogP contribution in [0.2, 0.25) is 0 Å². The van der Waals surface area contributed by atoms with Crippen LogP contribution in [0.5, 0.6) is 5.75 Å². The van der Waals surface area contributed by atoms with Crippen LogP contribution in [0.1, 0.15) is 35.2 Å². The molecule has 0 bridgehead atoms. The lowest BCUT2D eigenvalue weighted by atomic mass is 10.00. The highest BCUT2D eigenvalue weighted by molar-refractivity contribution is 8.00. The number of carbonyl (C=O) groups excluding carboxylic acids is 2. The van der Waals surface area contributed by atoms with Crippen LogP contribution < -0.4 is 4.74 Å². The molecule has 0 N–H and O–H groups in total. The molecule has 2 aliphatic rings. The summed E-state index contributed by atoms with van der Waals surface area (Å²) >= 11 is 1.87. The van der Waals surface area contributed by atoms with Gasteiger partial charge in [-0.2, -0.15) is 0 Å². The molecule has 5 nitrogen and oxygen atoms in total. The van der Waals surface area contributed by atoms with Gasteiger partial charge in [0.1, 0.15) is 5.75 Å². The highest BCUT2D eigenvalue weighted by Crippen LogP contribution is 2.44. The third kappa shape index (κ3) is 4.33. The minimum absolute atomic E-state index is 0.0755. The molecule has 0 aromatic heterocycles. The van der Waals surface area contributed by atoms with E-state index in [9.17, 15) is 9.59 Å². The maximum Gasteiger partial charge on any atom is 0.255 e. The Kier molecular flexibility index (Phi) is 6.32. The first-order valence-corrected chi connectivity index (χ1v) is 11.5. The summed E-state index contributed by atoms with van der Waals surface area (Å²) in [5.41, 5.74) is 1.89. The number of methoxy groups -OCH3 is 1. The first kappa shape index (κ1) is 20.8. The van der Waals surface area contributed by atoms with Gasteiger partial charge in [0.25, 0.3) is 5.91 Å². The number of ether oxygens (including phenoxy) is 1. The Labute approximate surface area is 182 Å². The Bertz CT molecular complexity index is 877. The number of hydrogen-bond donors (Lipinski definition) is 0. The minimum atomic E-state index is -0.187. The van der Waals surface area contributed by atoms with Crippen molar-refractivity contribution in [2.24, 2.45) is 0 Å². The van der Waals surface area contributed by atoms with Gasteiger partial charge < -0.3 is 14.5 Å². The van der Waals surface area contributed by atoms with E-state index in [2.05, 4.69) is 12.1 Å². The van der Waals surface area contributed by atoms with Crippen molar-refractivity contribution >= 4 is 23.6 Å². The van der Waals surface area contributed by atoms with E-state index in [-0.39, 0.29) is 16.7 Å². The van der Waals surface area contributed by atoms with Crippen molar-refractivity contribution < 1.29 is 14.3 Å². The zero-order valence-corrected chi connectivity index (χ0v) is 18.2. The lowest BCUT2D eigenvalue weighted by Gasteiger charge is -2.44. The standard InChI is InChI=1S/C24H28N2O3S/c1-29-21-10-8-20(9-11-21)23(28)26-17-18-30-24(26)13-15-25(16-14-24)22(27)12-7-19-5-3-2-4-6-19/h2-6,8-11H,7,12-18H2,1H3. The van der Waals surface area contributed by atoms with Crippen LogP contribution in [-0.2, 0) is 11.2 Å². The predicted octanol–water partition coefficient (Wildman–Crippen LogP) is 3.84. The molecular weight excluding hydrogens is 396 g/mol. The second-order valence-corrected chi connectivity index (χ2v) is 9.30. The molecule has 0 radical (unpaired) electrons. The van der Waals surface area contributed by atoms with E-state index >= 15 is 0 Å². The van der Waals surface area contributed by atoms with E-state index in [1.807, 2.05) is 64.0 Å². The molecule has 2 aromatic rings. The Morgan fingerprint density at radius 1 is 1.00 bits per heavy atom. The Morgan fingerprint density at radius 2 is 1.70 bits per heavy atom. The zero-order chi connectivity index (χ0) is 21.0. The molecule has 4 rings (SSSR count). The van der Waals surface area contributed by atoms with Crippen molar-refractivity contribution in [2.75, 3.05) is 32.5 Å². The molecule has 0 unspecified atom stereocenters. The molecule has 158 valence electrons. The van der Waals surface area contributed by atoms with Crippen molar-refractivity contribution in [3.05, 3.63) is 65.7 Å². The van der Waals surface area contributed by atoms with Crippen molar-refractivity contribution in [1.29, 1.82) is 0 Å². The quantitative estimate of drug-likeness (QED) is 0.732. The van der Waals surface area contributed by atoms with E-state index in [0.29, 0.717) is 25.1 Å². The predicted molar refractivity (Wildman–Crippen MR) is 120 cm³/mol. The molecule has 0 atom stereocenters. The van der Waals surface area contributed by atoms with Gasteiger partial charge in [0.15, 0.2) is 0 Å². The number of rotatable bonds is 5. The first-order chi connectivity index (χ1) is 14.6. The van der Waals surface area contributed by atoms with Crippen molar-refractivity contribution in [1.82, 2.24) is 9.80 Å². The maximum absolute atomic E-state index is 13.2. The molecule has 6 heteroatoms. The normalized spacial score (nSPS) is 17.9. The lowest BCUT2D eigenvalue weighted by Crippen LogP contribution is -2.53. The van der Waals surface area contributed by atoms with Gasteiger partial charge in [-0.15, -0.1) is 11.8 Å². The number of benzene rings is 2. The highest BCUT2D eigenvalue weighted by atomic mass is 32.2. The van der Waals surface area contributed by atoms with Crippen LogP contribution in [0, 0.1) is 0 Å².